The number of benzene rings is 2. The summed E-state index contributed by atoms with van der Waals surface area (Å²) in [6.45, 7) is 8.48. The molecule has 112 valence electrons. The van der Waals surface area contributed by atoms with E-state index in [9.17, 15) is 4.39 Å². The lowest BCUT2D eigenvalue weighted by atomic mass is 9.94. The molecule has 1 nitrogen and oxygen atoms in total. The topological polar surface area (TPSA) is 12.0 Å². The van der Waals surface area contributed by atoms with Gasteiger partial charge in [-0.3, -0.25) is 0 Å². The molecule has 0 fully saturated rings. The molecule has 2 rings (SSSR count). The monoisotopic (exact) mass is 305 g/mol. The number of nitrogens with one attached hydrogen (secondary N) is 1. The first-order valence-corrected chi connectivity index (χ1v) is 7.58. The van der Waals surface area contributed by atoms with Crippen LogP contribution < -0.4 is 5.32 Å². The van der Waals surface area contributed by atoms with Gasteiger partial charge in [-0.25, -0.2) is 4.39 Å². The van der Waals surface area contributed by atoms with Crippen LogP contribution in [0, 0.1) is 26.6 Å². The van der Waals surface area contributed by atoms with E-state index in [2.05, 4.69) is 18.3 Å². The predicted octanol–water partition coefficient (Wildman–Crippen LogP) is 5.10. The summed E-state index contributed by atoms with van der Waals surface area (Å²) in [7, 11) is 0. The zero-order chi connectivity index (χ0) is 15.6. The summed E-state index contributed by atoms with van der Waals surface area (Å²) in [5, 5.41) is 4.21. The lowest BCUT2D eigenvalue weighted by Gasteiger charge is -2.21. The fraction of sp³-hybridized carbons (Fsp3) is 0.333. The van der Waals surface area contributed by atoms with Gasteiger partial charge < -0.3 is 5.32 Å². The summed E-state index contributed by atoms with van der Waals surface area (Å²) in [6.07, 6.45) is 0. The summed E-state index contributed by atoms with van der Waals surface area (Å²) in [4.78, 5) is 0. The van der Waals surface area contributed by atoms with Gasteiger partial charge in [-0.2, -0.15) is 0 Å². The Morgan fingerprint density at radius 1 is 1.00 bits per heavy atom. The summed E-state index contributed by atoms with van der Waals surface area (Å²) < 4.78 is 13.8. The minimum absolute atomic E-state index is 0.0195. The summed E-state index contributed by atoms with van der Waals surface area (Å²) in [5.41, 5.74) is 4.56. The van der Waals surface area contributed by atoms with Crippen molar-refractivity contribution in [1.29, 1.82) is 0 Å². The standard InChI is InChI=1S/C18H21ClFN/c1-5-21-18(14-7-6-11(2)16(19)10-14)15-8-12(3)17(20)13(4)9-15/h6-10,18,21H,5H2,1-4H3. The summed E-state index contributed by atoms with van der Waals surface area (Å²) in [6, 6.07) is 9.91. The molecule has 0 aromatic heterocycles. The number of halogens is 2. The molecule has 0 aliphatic heterocycles. The normalized spacial score (nSPS) is 12.5. The molecule has 0 aliphatic carbocycles. The molecule has 2 aromatic rings. The molecule has 1 unspecified atom stereocenters. The quantitative estimate of drug-likeness (QED) is 0.828. The molecular weight excluding hydrogens is 285 g/mol. The van der Waals surface area contributed by atoms with E-state index < -0.39 is 0 Å². The Bertz CT molecular complexity index is 629. The molecule has 1 N–H and O–H groups in total. The van der Waals surface area contributed by atoms with Gasteiger partial charge in [-0.1, -0.05) is 42.8 Å². The van der Waals surface area contributed by atoms with E-state index in [1.807, 2.05) is 31.2 Å². The first kappa shape index (κ1) is 16.0. The fourth-order valence-corrected chi connectivity index (χ4v) is 2.76. The maximum atomic E-state index is 13.8. The molecule has 0 saturated carbocycles. The molecule has 0 bridgehead atoms. The Balaban J connectivity index is 2.50. The molecule has 0 heterocycles. The van der Waals surface area contributed by atoms with Crippen molar-refractivity contribution < 1.29 is 4.39 Å². The third kappa shape index (κ3) is 3.45. The van der Waals surface area contributed by atoms with Crippen LogP contribution in [0.25, 0.3) is 0 Å². The van der Waals surface area contributed by atoms with Crippen molar-refractivity contribution >= 4 is 11.6 Å². The van der Waals surface area contributed by atoms with Gasteiger partial charge in [-0.15, -0.1) is 0 Å². The molecular formula is C18H21ClFN. The van der Waals surface area contributed by atoms with Crippen LogP contribution in [-0.2, 0) is 0 Å². The van der Waals surface area contributed by atoms with Crippen LogP contribution in [0.15, 0.2) is 30.3 Å². The van der Waals surface area contributed by atoms with Gasteiger partial charge >= 0.3 is 0 Å². The van der Waals surface area contributed by atoms with Gasteiger partial charge in [0.15, 0.2) is 0 Å². The largest absolute Gasteiger partial charge is 0.307 e. The first-order chi connectivity index (χ1) is 9.93. The average Bonchev–Trinajstić information content (AvgIpc) is 2.45. The predicted molar refractivity (Wildman–Crippen MR) is 87.6 cm³/mol. The second kappa shape index (κ2) is 6.59. The van der Waals surface area contributed by atoms with E-state index in [1.54, 1.807) is 13.8 Å². The Hall–Kier alpha value is -1.38. The second-order valence-corrected chi connectivity index (χ2v) is 5.88. The van der Waals surface area contributed by atoms with Crippen molar-refractivity contribution in [3.8, 4) is 0 Å². The molecule has 0 radical (unpaired) electrons. The van der Waals surface area contributed by atoms with Crippen molar-refractivity contribution in [2.75, 3.05) is 6.54 Å². The van der Waals surface area contributed by atoms with Crippen molar-refractivity contribution in [1.82, 2.24) is 5.32 Å². The number of aryl methyl sites for hydroxylation is 3. The molecule has 21 heavy (non-hydrogen) atoms. The zero-order valence-corrected chi connectivity index (χ0v) is 13.7. The third-order valence-corrected chi connectivity index (χ3v) is 4.14. The highest BCUT2D eigenvalue weighted by molar-refractivity contribution is 6.31. The summed E-state index contributed by atoms with van der Waals surface area (Å²) >= 11 is 6.25. The van der Waals surface area contributed by atoms with Gasteiger partial charge in [-0.05, 0) is 61.2 Å². The van der Waals surface area contributed by atoms with Crippen molar-refractivity contribution in [2.45, 2.75) is 33.7 Å². The SMILES string of the molecule is CCNC(c1cc(C)c(F)c(C)c1)c1ccc(C)c(Cl)c1. The molecule has 1 atom stereocenters. The molecule has 0 aliphatic rings. The molecule has 3 heteroatoms. The Labute approximate surface area is 131 Å². The average molecular weight is 306 g/mol. The van der Waals surface area contributed by atoms with Gasteiger partial charge in [0.1, 0.15) is 5.82 Å². The molecule has 0 saturated heterocycles. The van der Waals surface area contributed by atoms with Gasteiger partial charge in [0, 0.05) is 5.02 Å². The van der Waals surface area contributed by atoms with E-state index in [0.717, 1.165) is 28.3 Å². The van der Waals surface area contributed by atoms with Crippen LogP contribution in [0.4, 0.5) is 4.39 Å². The minimum Gasteiger partial charge on any atom is -0.307 e. The van der Waals surface area contributed by atoms with Gasteiger partial charge in [0.05, 0.1) is 6.04 Å². The number of rotatable bonds is 4. The maximum Gasteiger partial charge on any atom is 0.129 e. The molecule has 0 amide bonds. The van der Waals surface area contributed by atoms with E-state index in [-0.39, 0.29) is 11.9 Å². The van der Waals surface area contributed by atoms with Crippen LogP contribution in [-0.4, -0.2) is 6.54 Å². The van der Waals surface area contributed by atoms with Crippen LogP contribution >= 0.6 is 11.6 Å². The summed E-state index contributed by atoms with van der Waals surface area (Å²) in [5.74, 6) is -0.129. The fourth-order valence-electron chi connectivity index (χ4n) is 2.57. The Kier molecular flexibility index (Phi) is 5.02. The minimum atomic E-state index is -0.129. The van der Waals surface area contributed by atoms with E-state index in [4.69, 9.17) is 11.6 Å². The lowest BCUT2D eigenvalue weighted by molar-refractivity contribution is 0.598. The lowest BCUT2D eigenvalue weighted by Crippen LogP contribution is -2.22. The van der Waals surface area contributed by atoms with Crippen molar-refractivity contribution in [3.63, 3.8) is 0 Å². The van der Waals surface area contributed by atoms with E-state index in [1.165, 1.54) is 0 Å². The smallest absolute Gasteiger partial charge is 0.129 e. The zero-order valence-electron chi connectivity index (χ0n) is 12.9. The molecule has 2 aromatic carbocycles. The van der Waals surface area contributed by atoms with E-state index >= 15 is 0 Å². The van der Waals surface area contributed by atoms with Crippen molar-refractivity contribution in [3.05, 3.63) is 69.0 Å². The maximum absolute atomic E-state index is 13.8. The van der Waals surface area contributed by atoms with Crippen LogP contribution in [0.2, 0.25) is 5.02 Å². The molecule has 0 spiro atoms. The van der Waals surface area contributed by atoms with Crippen LogP contribution in [0.5, 0.6) is 0 Å². The van der Waals surface area contributed by atoms with Crippen molar-refractivity contribution in [2.24, 2.45) is 0 Å². The number of hydrogen-bond acceptors (Lipinski definition) is 1. The first-order valence-electron chi connectivity index (χ1n) is 7.20. The van der Waals surface area contributed by atoms with Crippen LogP contribution in [0.3, 0.4) is 0 Å². The highest BCUT2D eigenvalue weighted by Crippen LogP contribution is 2.28. The van der Waals surface area contributed by atoms with Gasteiger partial charge in [0.2, 0.25) is 0 Å². The second-order valence-electron chi connectivity index (χ2n) is 5.47. The highest BCUT2D eigenvalue weighted by atomic mass is 35.5. The van der Waals surface area contributed by atoms with Crippen LogP contribution in [0.1, 0.15) is 40.8 Å². The van der Waals surface area contributed by atoms with E-state index in [0.29, 0.717) is 11.1 Å². The van der Waals surface area contributed by atoms with Gasteiger partial charge in [0.25, 0.3) is 0 Å². The number of hydrogen-bond donors (Lipinski definition) is 1. The Morgan fingerprint density at radius 2 is 1.62 bits per heavy atom. The third-order valence-electron chi connectivity index (χ3n) is 3.73. The Morgan fingerprint density at radius 3 is 2.14 bits per heavy atom. The highest BCUT2D eigenvalue weighted by Gasteiger charge is 2.16.